The third-order valence-corrected chi connectivity index (χ3v) is 6.36. The summed E-state index contributed by atoms with van der Waals surface area (Å²) in [4.78, 5) is 33.5. The van der Waals surface area contributed by atoms with Crippen LogP contribution in [-0.4, -0.2) is 46.5 Å². The number of hydrogen-bond acceptors (Lipinski definition) is 6. The SMILES string of the molecule is CCN(CC)CCN(C(=O)Cn1c(=O)oc2ccccc21)c1nc2c(F)cc(F)cc2s1. The summed E-state index contributed by atoms with van der Waals surface area (Å²) in [6.45, 7) is 6.21. The molecule has 32 heavy (non-hydrogen) atoms. The van der Waals surface area contributed by atoms with Crippen molar-refractivity contribution < 1.29 is 18.0 Å². The van der Waals surface area contributed by atoms with Crippen molar-refractivity contribution in [2.45, 2.75) is 20.4 Å². The van der Waals surface area contributed by atoms with Gasteiger partial charge in [0, 0.05) is 19.2 Å². The van der Waals surface area contributed by atoms with Crippen molar-refractivity contribution in [3.05, 3.63) is 58.6 Å². The van der Waals surface area contributed by atoms with Crippen LogP contribution in [0.4, 0.5) is 13.9 Å². The van der Waals surface area contributed by atoms with E-state index in [9.17, 15) is 18.4 Å². The van der Waals surface area contributed by atoms with E-state index in [0.29, 0.717) is 22.3 Å². The fourth-order valence-electron chi connectivity index (χ4n) is 3.55. The van der Waals surface area contributed by atoms with Gasteiger partial charge in [0.05, 0.1) is 10.2 Å². The number of fused-ring (bicyclic) bond motifs is 2. The van der Waals surface area contributed by atoms with Crippen molar-refractivity contribution in [2.75, 3.05) is 31.1 Å². The molecule has 4 aromatic rings. The molecule has 0 aliphatic carbocycles. The van der Waals surface area contributed by atoms with Crippen LogP contribution in [0.2, 0.25) is 0 Å². The lowest BCUT2D eigenvalue weighted by Crippen LogP contribution is -2.41. The number of oxazole rings is 1. The van der Waals surface area contributed by atoms with Gasteiger partial charge < -0.3 is 9.32 Å². The molecule has 0 aliphatic heterocycles. The summed E-state index contributed by atoms with van der Waals surface area (Å²) in [6.07, 6.45) is 0. The van der Waals surface area contributed by atoms with E-state index in [1.807, 2.05) is 13.8 Å². The Kier molecular flexibility index (Phi) is 6.33. The molecule has 0 saturated heterocycles. The van der Waals surface area contributed by atoms with Gasteiger partial charge in [0.1, 0.15) is 17.9 Å². The lowest BCUT2D eigenvalue weighted by atomic mass is 10.3. The number of carbonyl (C=O) groups is 1. The summed E-state index contributed by atoms with van der Waals surface area (Å²) >= 11 is 1.03. The molecule has 10 heteroatoms. The van der Waals surface area contributed by atoms with Crippen LogP contribution >= 0.6 is 11.3 Å². The minimum atomic E-state index is -0.782. The highest BCUT2D eigenvalue weighted by Crippen LogP contribution is 2.31. The fourth-order valence-corrected chi connectivity index (χ4v) is 4.60. The Morgan fingerprint density at radius 2 is 1.91 bits per heavy atom. The molecule has 1 amide bonds. The average molecular weight is 461 g/mol. The predicted molar refractivity (Wildman–Crippen MR) is 120 cm³/mol. The molecular formula is C22H22F2N4O3S. The normalized spacial score (nSPS) is 11.7. The molecule has 0 fully saturated rings. The van der Waals surface area contributed by atoms with Crippen molar-refractivity contribution in [3.8, 4) is 0 Å². The van der Waals surface area contributed by atoms with Gasteiger partial charge >= 0.3 is 5.76 Å². The number of likely N-dealkylation sites (N-methyl/N-ethyl adjacent to an activating group) is 1. The lowest BCUT2D eigenvalue weighted by molar-refractivity contribution is -0.119. The van der Waals surface area contributed by atoms with E-state index in [1.165, 1.54) is 15.5 Å². The zero-order chi connectivity index (χ0) is 22.8. The Morgan fingerprint density at radius 1 is 1.16 bits per heavy atom. The Bertz CT molecular complexity index is 1330. The summed E-state index contributed by atoms with van der Waals surface area (Å²) in [6, 6.07) is 8.81. The number of anilines is 1. The molecule has 0 unspecified atom stereocenters. The first-order valence-electron chi connectivity index (χ1n) is 10.3. The van der Waals surface area contributed by atoms with Crippen molar-refractivity contribution in [1.29, 1.82) is 0 Å². The summed E-state index contributed by atoms with van der Waals surface area (Å²) in [5, 5.41) is 0.252. The number of benzene rings is 2. The van der Waals surface area contributed by atoms with Crippen LogP contribution < -0.4 is 10.7 Å². The maximum atomic E-state index is 14.2. The van der Waals surface area contributed by atoms with Crippen LogP contribution in [0.1, 0.15) is 13.8 Å². The van der Waals surface area contributed by atoms with Gasteiger partial charge in [-0.1, -0.05) is 37.3 Å². The van der Waals surface area contributed by atoms with E-state index < -0.39 is 23.3 Å². The molecule has 0 N–H and O–H groups in total. The first-order valence-corrected chi connectivity index (χ1v) is 11.1. The van der Waals surface area contributed by atoms with Crippen LogP contribution in [0.3, 0.4) is 0 Å². The quantitative estimate of drug-likeness (QED) is 0.399. The zero-order valence-corrected chi connectivity index (χ0v) is 18.5. The number of halogens is 2. The van der Waals surface area contributed by atoms with E-state index in [0.717, 1.165) is 30.5 Å². The van der Waals surface area contributed by atoms with Gasteiger partial charge in [-0.15, -0.1) is 0 Å². The standard InChI is InChI=1S/C22H22F2N4O3S/c1-3-26(4-2)9-10-27(21-25-20-15(24)11-14(23)12-18(20)32-21)19(29)13-28-16-7-5-6-8-17(16)31-22(28)30/h5-8,11-12H,3-4,9-10,13H2,1-2H3. The van der Waals surface area contributed by atoms with Gasteiger partial charge in [-0.3, -0.25) is 14.3 Å². The Morgan fingerprint density at radius 3 is 2.66 bits per heavy atom. The van der Waals surface area contributed by atoms with Gasteiger partial charge in [0.25, 0.3) is 0 Å². The zero-order valence-electron chi connectivity index (χ0n) is 17.7. The van der Waals surface area contributed by atoms with Gasteiger partial charge in [0.2, 0.25) is 5.91 Å². The molecule has 0 bridgehead atoms. The Labute approximate surface area is 186 Å². The molecule has 168 valence electrons. The van der Waals surface area contributed by atoms with Crippen LogP contribution in [0.25, 0.3) is 21.3 Å². The second-order valence-electron chi connectivity index (χ2n) is 7.22. The van der Waals surface area contributed by atoms with E-state index in [4.69, 9.17) is 4.42 Å². The minimum absolute atomic E-state index is 0.0120. The van der Waals surface area contributed by atoms with E-state index in [1.54, 1.807) is 24.3 Å². The highest BCUT2D eigenvalue weighted by Gasteiger charge is 2.24. The highest BCUT2D eigenvalue weighted by atomic mass is 32.1. The molecule has 7 nitrogen and oxygen atoms in total. The molecule has 2 aromatic heterocycles. The number of thiazole rings is 1. The van der Waals surface area contributed by atoms with Crippen LogP contribution in [0.15, 0.2) is 45.6 Å². The predicted octanol–water partition coefficient (Wildman–Crippen LogP) is 3.86. The molecule has 2 heterocycles. The van der Waals surface area contributed by atoms with Crippen molar-refractivity contribution in [1.82, 2.24) is 14.5 Å². The maximum Gasteiger partial charge on any atom is 0.420 e. The average Bonchev–Trinajstić information content (AvgIpc) is 3.32. The summed E-state index contributed by atoms with van der Waals surface area (Å²) in [5.41, 5.74) is 0.905. The molecule has 0 radical (unpaired) electrons. The van der Waals surface area contributed by atoms with Crippen molar-refractivity contribution in [2.24, 2.45) is 0 Å². The summed E-state index contributed by atoms with van der Waals surface area (Å²) in [7, 11) is 0. The second kappa shape index (κ2) is 9.17. The van der Waals surface area contributed by atoms with Crippen molar-refractivity contribution >= 4 is 43.7 Å². The Hall–Kier alpha value is -3.11. The molecule has 0 atom stereocenters. The number of amides is 1. The first-order chi connectivity index (χ1) is 15.4. The fraction of sp³-hybridized carbons (Fsp3) is 0.318. The molecule has 0 saturated carbocycles. The topological polar surface area (TPSA) is 71.6 Å². The largest absolute Gasteiger partial charge is 0.420 e. The van der Waals surface area contributed by atoms with Crippen molar-refractivity contribution in [3.63, 3.8) is 0 Å². The first kappa shape index (κ1) is 22.1. The molecule has 0 spiro atoms. The second-order valence-corrected chi connectivity index (χ2v) is 8.23. The number of para-hydroxylation sites is 2. The number of nitrogens with zero attached hydrogens (tertiary/aromatic N) is 4. The smallest absolute Gasteiger partial charge is 0.408 e. The third kappa shape index (κ3) is 4.28. The van der Waals surface area contributed by atoms with Crippen LogP contribution in [-0.2, 0) is 11.3 Å². The third-order valence-electron chi connectivity index (χ3n) is 5.34. The van der Waals surface area contributed by atoms with E-state index in [2.05, 4.69) is 9.88 Å². The molecule has 2 aromatic carbocycles. The van der Waals surface area contributed by atoms with E-state index >= 15 is 0 Å². The summed E-state index contributed by atoms with van der Waals surface area (Å²) < 4.78 is 34.7. The van der Waals surface area contributed by atoms with Crippen LogP contribution in [0.5, 0.6) is 0 Å². The van der Waals surface area contributed by atoms with Gasteiger partial charge in [-0.25, -0.2) is 18.6 Å². The van der Waals surface area contributed by atoms with E-state index in [-0.39, 0.29) is 23.7 Å². The number of carbonyl (C=O) groups excluding carboxylic acids is 1. The number of aromatic nitrogens is 2. The van der Waals surface area contributed by atoms with Gasteiger partial charge in [-0.2, -0.15) is 0 Å². The van der Waals surface area contributed by atoms with Gasteiger partial charge in [-0.05, 0) is 31.3 Å². The number of rotatable bonds is 8. The van der Waals surface area contributed by atoms with Crippen LogP contribution in [0, 0.1) is 11.6 Å². The van der Waals surface area contributed by atoms with Gasteiger partial charge in [0.15, 0.2) is 16.5 Å². The molecular weight excluding hydrogens is 438 g/mol. The lowest BCUT2D eigenvalue weighted by Gasteiger charge is -2.24. The molecule has 0 aliphatic rings. The highest BCUT2D eigenvalue weighted by molar-refractivity contribution is 7.22. The summed E-state index contributed by atoms with van der Waals surface area (Å²) in [5.74, 6) is -2.52. The monoisotopic (exact) mass is 460 g/mol. The Balaban J connectivity index is 1.70. The minimum Gasteiger partial charge on any atom is -0.408 e. The maximum absolute atomic E-state index is 14.2. The molecule has 4 rings (SSSR count). The number of hydrogen-bond donors (Lipinski definition) is 0.